The molecule has 24 heavy (non-hydrogen) atoms. The molecule has 0 aliphatic rings. The van der Waals surface area contributed by atoms with Crippen molar-refractivity contribution in [2.45, 2.75) is 6.92 Å². The predicted octanol–water partition coefficient (Wildman–Crippen LogP) is 1.79. The molecule has 0 saturated heterocycles. The molecule has 0 fully saturated rings. The number of amides is 3. The van der Waals surface area contributed by atoms with Gasteiger partial charge in [0.2, 0.25) is 11.8 Å². The lowest BCUT2D eigenvalue weighted by molar-refractivity contribution is -0.115. The van der Waals surface area contributed by atoms with Gasteiger partial charge in [0.15, 0.2) is 0 Å². The molecular formula is C17H18N4O3. The smallest absolute Gasteiger partial charge is 0.255 e. The molecule has 3 amide bonds. The number of anilines is 3. The third-order valence-electron chi connectivity index (χ3n) is 3.08. The SMILES string of the molecule is CC(=O)Nc1cccc(C(=O)Nc2ccccc2NC(=O)CN)c1. The van der Waals surface area contributed by atoms with Crippen molar-refractivity contribution in [3.8, 4) is 0 Å². The number of hydrogen-bond acceptors (Lipinski definition) is 4. The predicted molar refractivity (Wildman–Crippen MR) is 92.8 cm³/mol. The molecule has 0 heterocycles. The topological polar surface area (TPSA) is 113 Å². The van der Waals surface area contributed by atoms with E-state index in [1.165, 1.54) is 6.92 Å². The Balaban J connectivity index is 2.18. The van der Waals surface area contributed by atoms with Crippen LogP contribution in [0.1, 0.15) is 17.3 Å². The summed E-state index contributed by atoms with van der Waals surface area (Å²) in [5.74, 6) is -0.941. The summed E-state index contributed by atoms with van der Waals surface area (Å²) in [6, 6.07) is 13.4. The van der Waals surface area contributed by atoms with E-state index in [1.807, 2.05) is 0 Å². The number of carbonyl (C=O) groups excluding carboxylic acids is 3. The first kappa shape index (κ1) is 17.2. The van der Waals surface area contributed by atoms with Crippen molar-refractivity contribution >= 4 is 34.8 Å². The monoisotopic (exact) mass is 326 g/mol. The Kier molecular flexibility index (Phi) is 5.64. The van der Waals surface area contributed by atoms with Gasteiger partial charge in [-0.15, -0.1) is 0 Å². The van der Waals surface area contributed by atoms with E-state index >= 15 is 0 Å². The molecule has 0 aliphatic carbocycles. The van der Waals surface area contributed by atoms with Gasteiger partial charge in [-0.3, -0.25) is 14.4 Å². The van der Waals surface area contributed by atoms with Gasteiger partial charge < -0.3 is 21.7 Å². The standard InChI is InChI=1S/C17H18N4O3/c1-11(22)19-13-6-4-5-12(9-13)17(24)21-15-8-3-2-7-14(15)20-16(23)10-18/h2-9H,10,18H2,1H3,(H,19,22)(H,20,23)(H,21,24). The van der Waals surface area contributed by atoms with Crippen LogP contribution in [0.4, 0.5) is 17.1 Å². The summed E-state index contributed by atoms with van der Waals surface area (Å²) in [4.78, 5) is 34.9. The lowest BCUT2D eigenvalue weighted by atomic mass is 10.1. The Morgan fingerprint density at radius 3 is 2.21 bits per heavy atom. The fourth-order valence-electron chi connectivity index (χ4n) is 2.04. The van der Waals surface area contributed by atoms with E-state index in [4.69, 9.17) is 5.73 Å². The van der Waals surface area contributed by atoms with Crippen LogP contribution in [0.25, 0.3) is 0 Å². The van der Waals surface area contributed by atoms with Gasteiger partial charge in [-0.25, -0.2) is 0 Å². The highest BCUT2D eigenvalue weighted by Gasteiger charge is 2.11. The van der Waals surface area contributed by atoms with Crippen LogP contribution in [0.15, 0.2) is 48.5 Å². The first-order valence-corrected chi connectivity index (χ1v) is 7.27. The summed E-state index contributed by atoms with van der Waals surface area (Å²) < 4.78 is 0. The van der Waals surface area contributed by atoms with E-state index in [2.05, 4.69) is 16.0 Å². The van der Waals surface area contributed by atoms with E-state index in [9.17, 15) is 14.4 Å². The molecular weight excluding hydrogens is 308 g/mol. The number of hydrogen-bond donors (Lipinski definition) is 4. The van der Waals surface area contributed by atoms with Crippen molar-refractivity contribution in [3.63, 3.8) is 0 Å². The maximum Gasteiger partial charge on any atom is 0.255 e. The minimum Gasteiger partial charge on any atom is -0.326 e. The molecule has 0 saturated carbocycles. The zero-order chi connectivity index (χ0) is 17.5. The molecule has 0 bridgehead atoms. The molecule has 2 aromatic carbocycles. The minimum absolute atomic E-state index is 0.152. The van der Waals surface area contributed by atoms with E-state index in [-0.39, 0.29) is 24.3 Å². The van der Waals surface area contributed by atoms with Gasteiger partial charge in [0, 0.05) is 18.2 Å². The highest BCUT2D eigenvalue weighted by molar-refractivity contribution is 6.08. The third-order valence-corrected chi connectivity index (χ3v) is 3.08. The quantitative estimate of drug-likeness (QED) is 0.671. The Hall–Kier alpha value is -3.19. The molecule has 2 rings (SSSR count). The molecule has 0 atom stereocenters. The van der Waals surface area contributed by atoms with Crippen LogP contribution in [0.2, 0.25) is 0 Å². The van der Waals surface area contributed by atoms with Crippen LogP contribution in [-0.2, 0) is 9.59 Å². The van der Waals surface area contributed by atoms with Crippen molar-refractivity contribution < 1.29 is 14.4 Å². The molecule has 7 heteroatoms. The van der Waals surface area contributed by atoms with E-state index in [1.54, 1.807) is 48.5 Å². The van der Waals surface area contributed by atoms with Crippen molar-refractivity contribution in [2.24, 2.45) is 5.73 Å². The molecule has 0 aliphatic heterocycles. The van der Waals surface area contributed by atoms with E-state index < -0.39 is 0 Å². The maximum atomic E-state index is 12.4. The van der Waals surface area contributed by atoms with Crippen molar-refractivity contribution in [1.82, 2.24) is 0 Å². The van der Waals surface area contributed by atoms with Gasteiger partial charge in [-0.05, 0) is 30.3 Å². The fraction of sp³-hybridized carbons (Fsp3) is 0.118. The Labute approximate surface area is 139 Å². The maximum absolute atomic E-state index is 12.4. The van der Waals surface area contributed by atoms with Gasteiger partial charge >= 0.3 is 0 Å². The van der Waals surface area contributed by atoms with Crippen molar-refractivity contribution in [3.05, 3.63) is 54.1 Å². The largest absolute Gasteiger partial charge is 0.326 e. The number of carbonyl (C=O) groups is 3. The van der Waals surface area contributed by atoms with E-state index in [0.717, 1.165) is 0 Å². The van der Waals surface area contributed by atoms with Gasteiger partial charge in [0.1, 0.15) is 0 Å². The average molecular weight is 326 g/mol. The number of nitrogens with one attached hydrogen (secondary N) is 3. The first-order chi connectivity index (χ1) is 11.5. The van der Waals surface area contributed by atoms with Crippen LogP contribution in [-0.4, -0.2) is 24.3 Å². The minimum atomic E-state index is -0.364. The average Bonchev–Trinajstić information content (AvgIpc) is 2.56. The summed E-state index contributed by atoms with van der Waals surface area (Å²) in [5, 5.41) is 7.97. The highest BCUT2D eigenvalue weighted by atomic mass is 16.2. The van der Waals surface area contributed by atoms with Crippen LogP contribution in [0, 0.1) is 0 Å². The molecule has 124 valence electrons. The van der Waals surface area contributed by atoms with Crippen molar-refractivity contribution in [1.29, 1.82) is 0 Å². The Morgan fingerprint density at radius 1 is 0.917 bits per heavy atom. The van der Waals surface area contributed by atoms with E-state index in [0.29, 0.717) is 22.6 Å². The molecule has 0 radical (unpaired) electrons. The summed E-state index contributed by atoms with van der Waals surface area (Å²) >= 11 is 0. The normalized spacial score (nSPS) is 9.92. The molecule has 0 spiro atoms. The van der Waals surface area contributed by atoms with Crippen LogP contribution < -0.4 is 21.7 Å². The summed E-state index contributed by atoms with van der Waals surface area (Å²) in [7, 11) is 0. The van der Waals surface area contributed by atoms with Gasteiger partial charge in [0.25, 0.3) is 5.91 Å². The van der Waals surface area contributed by atoms with Crippen LogP contribution in [0.5, 0.6) is 0 Å². The second-order valence-electron chi connectivity index (χ2n) is 5.01. The molecule has 2 aromatic rings. The first-order valence-electron chi connectivity index (χ1n) is 7.27. The highest BCUT2D eigenvalue weighted by Crippen LogP contribution is 2.22. The van der Waals surface area contributed by atoms with Gasteiger partial charge in [0.05, 0.1) is 17.9 Å². The van der Waals surface area contributed by atoms with Crippen LogP contribution >= 0.6 is 0 Å². The molecule has 7 nitrogen and oxygen atoms in total. The zero-order valence-electron chi connectivity index (χ0n) is 13.1. The number of para-hydroxylation sites is 2. The second-order valence-corrected chi connectivity index (χ2v) is 5.01. The molecule has 5 N–H and O–H groups in total. The number of nitrogens with two attached hydrogens (primary N) is 1. The second kappa shape index (κ2) is 7.89. The summed E-state index contributed by atoms with van der Waals surface area (Å²) in [6.45, 7) is 1.24. The van der Waals surface area contributed by atoms with Gasteiger partial charge in [-0.1, -0.05) is 18.2 Å². The number of rotatable bonds is 5. The van der Waals surface area contributed by atoms with Crippen LogP contribution in [0.3, 0.4) is 0 Å². The molecule has 0 aromatic heterocycles. The lowest BCUT2D eigenvalue weighted by Crippen LogP contribution is -2.23. The molecule has 0 unspecified atom stereocenters. The fourth-order valence-corrected chi connectivity index (χ4v) is 2.04. The Morgan fingerprint density at radius 2 is 1.58 bits per heavy atom. The third kappa shape index (κ3) is 4.65. The van der Waals surface area contributed by atoms with Crippen molar-refractivity contribution in [2.75, 3.05) is 22.5 Å². The summed E-state index contributed by atoms with van der Waals surface area (Å²) in [5.41, 5.74) is 7.10. The Bertz CT molecular complexity index is 774. The number of benzene rings is 2. The lowest BCUT2D eigenvalue weighted by Gasteiger charge is -2.12. The summed E-state index contributed by atoms with van der Waals surface area (Å²) in [6.07, 6.45) is 0. The van der Waals surface area contributed by atoms with Gasteiger partial charge in [-0.2, -0.15) is 0 Å². The zero-order valence-corrected chi connectivity index (χ0v) is 13.1.